The zero-order valence-corrected chi connectivity index (χ0v) is 15.1. The molecule has 2 aromatic carbocycles. The van der Waals surface area contributed by atoms with E-state index in [-0.39, 0.29) is 12.6 Å². The summed E-state index contributed by atoms with van der Waals surface area (Å²) in [6.45, 7) is 2.67. The molecule has 0 spiro atoms. The number of benzene rings is 2. The third-order valence-electron chi connectivity index (χ3n) is 3.05. The van der Waals surface area contributed by atoms with E-state index < -0.39 is 0 Å². The Hall–Kier alpha value is -2.44. The van der Waals surface area contributed by atoms with Crippen LogP contribution in [0, 0.1) is 0 Å². The maximum absolute atomic E-state index is 6.16. The van der Waals surface area contributed by atoms with Gasteiger partial charge in [-0.3, -0.25) is 0 Å². The van der Waals surface area contributed by atoms with Gasteiger partial charge in [-0.25, -0.2) is 0 Å². The van der Waals surface area contributed by atoms with Crippen LogP contribution >= 0.6 is 23.2 Å². The van der Waals surface area contributed by atoms with Crippen LogP contribution in [-0.2, 0) is 6.61 Å². The second-order valence-electron chi connectivity index (χ2n) is 4.93. The Kier molecular flexibility index (Phi) is 6.91. The van der Waals surface area contributed by atoms with Crippen molar-refractivity contribution in [2.45, 2.75) is 13.5 Å². The molecule has 0 aliphatic rings. The van der Waals surface area contributed by atoms with Gasteiger partial charge < -0.3 is 20.9 Å². The van der Waals surface area contributed by atoms with E-state index in [0.717, 1.165) is 11.1 Å². The van der Waals surface area contributed by atoms with Crippen molar-refractivity contribution in [3.05, 3.63) is 57.6 Å². The van der Waals surface area contributed by atoms with Crippen molar-refractivity contribution in [3.8, 4) is 11.5 Å². The van der Waals surface area contributed by atoms with Gasteiger partial charge in [0.2, 0.25) is 5.96 Å². The zero-order valence-electron chi connectivity index (χ0n) is 13.6. The summed E-state index contributed by atoms with van der Waals surface area (Å²) in [5, 5.41) is 8.45. The van der Waals surface area contributed by atoms with Crippen LogP contribution in [-0.4, -0.2) is 18.8 Å². The summed E-state index contributed by atoms with van der Waals surface area (Å²) in [5.74, 6) is 1.06. The Bertz CT molecular complexity index is 790. The minimum atomic E-state index is -0.110. The number of ether oxygens (including phenoxy) is 2. The summed E-state index contributed by atoms with van der Waals surface area (Å²) in [7, 11) is 0. The van der Waals surface area contributed by atoms with Crippen LogP contribution in [0.3, 0.4) is 0 Å². The van der Waals surface area contributed by atoms with E-state index in [1.807, 2.05) is 19.1 Å². The van der Waals surface area contributed by atoms with E-state index >= 15 is 0 Å². The van der Waals surface area contributed by atoms with Gasteiger partial charge in [0, 0.05) is 15.6 Å². The van der Waals surface area contributed by atoms with Gasteiger partial charge >= 0.3 is 0 Å². The van der Waals surface area contributed by atoms with Gasteiger partial charge in [0.05, 0.1) is 12.8 Å². The second-order valence-corrected chi connectivity index (χ2v) is 5.78. The molecule has 0 bridgehead atoms. The molecule has 0 saturated heterocycles. The molecule has 0 fully saturated rings. The molecule has 0 radical (unpaired) electrons. The highest BCUT2D eigenvalue weighted by molar-refractivity contribution is 6.35. The molecular formula is C17H18Cl2N4O2. The normalized spacial score (nSPS) is 10.7. The van der Waals surface area contributed by atoms with Gasteiger partial charge in [0.15, 0.2) is 11.5 Å². The summed E-state index contributed by atoms with van der Waals surface area (Å²) in [6, 6.07) is 10.6. The summed E-state index contributed by atoms with van der Waals surface area (Å²) in [4.78, 5) is 0. The highest BCUT2D eigenvalue weighted by atomic mass is 35.5. The van der Waals surface area contributed by atoms with Gasteiger partial charge in [-0.15, -0.1) is 5.10 Å². The number of nitrogens with two attached hydrogens (primary N) is 2. The highest BCUT2D eigenvalue weighted by Gasteiger charge is 2.08. The fourth-order valence-corrected chi connectivity index (χ4v) is 2.41. The summed E-state index contributed by atoms with van der Waals surface area (Å²) in [5.41, 5.74) is 12.0. The second kappa shape index (κ2) is 9.15. The van der Waals surface area contributed by atoms with Crippen molar-refractivity contribution in [1.29, 1.82) is 0 Å². The fraction of sp³-hybridized carbons (Fsp3) is 0.176. The molecule has 0 amide bonds. The standard InChI is InChI=1S/C17H18Cl2N4O2/c1-2-24-16-7-11(9-22-23-17(20)21)3-6-15(16)25-10-12-4-5-13(18)8-14(12)19/h3-9H,2,10H2,1H3,(H4,20,21,23). The number of nitrogens with zero attached hydrogens (tertiary/aromatic N) is 2. The van der Waals surface area contributed by atoms with Crippen molar-refractivity contribution in [3.63, 3.8) is 0 Å². The third-order valence-corrected chi connectivity index (χ3v) is 3.63. The first-order valence-corrected chi connectivity index (χ1v) is 8.20. The van der Waals surface area contributed by atoms with Gasteiger partial charge in [-0.05, 0) is 42.8 Å². The Morgan fingerprint density at radius 2 is 1.88 bits per heavy atom. The van der Waals surface area contributed by atoms with Crippen molar-refractivity contribution in [2.24, 2.45) is 21.7 Å². The predicted octanol–water partition coefficient (Wildman–Crippen LogP) is 3.58. The van der Waals surface area contributed by atoms with Crippen LogP contribution in [0.4, 0.5) is 0 Å². The van der Waals surface area contributed by atoms with E-state index in [1.54, 1.807) is 24.3 Å². The SMILES string of the molecule is CCOc1cc(C=NN=C(N)N)ccc1OCc1ccc(Cl)cc1Cl. The Labute approximate surface area is 156 Å². The van der Waals surface area contributed by atoms with Crippen LogP contribution in [0.1, 0.15) is 18.1 Å². The minimum Gasteiger partial charge on any atom is -0.490 e. The first-order chi connectivity index (χ1) is 12.0. The average Bonchev–Trinajstić information content (AvgIpc) is 2.55. The van der Waals surface area contributed by atoms with Gasteiger partial charge in [0.1, 0.15) is 6.61 Å². The molecule has 0 aromatic heterocycles. The number of guanidine groups is 1. The quantitative estimate of drug-likeness (QED) is 0.435. The van der Waals surface area contributed by atoms with Crippen LogP contribution in [0.5, 0.6) is 11.5 Å². The lowest BCUT2D eigenvalue weighted by atomic mass is 10.2. The molecule has 2 aromatic rings. The number of hydrogen-bond donors (Lipinski definition) is 2. The van der Waals surface area contributed by atoms with Crippen LogP contribution in [0.15, 0.2) is 46.6 Å². The van der Waals surface area contributed by atoms with E-state index in [0.29, 0.717) is 28.2 Å². The van der Waals surface area contributed by atoms with E-state index in [1.165, 1.54) is 6.21 Å². The molecular weight excluding hydrogens is 363 g/mol. The fourth-order valence-electron chi connectivity index (χ4n) is 1.95. The molecule has 0 aliphatic carbocycles. The average molecular weight is 381 g/mol. The van der Waals surface area contributed by atoms with Gasteiger partial charge in [0.25, 0.3) is 0 Å². The van der Waals surface area contributed by atoms with Gasteiger partial charge in [-0.1, -0.05) is 29.3 Å². The maximum Gasteiger partial charge on any atom is 0.211 e. The van der Waals surface area contributed by atoms with Crippen molar-refractivity contribution < 1.29 is 9.47 Å². The Morgan fingerprint density at radius 1 is 1.08 bits per heavy atom. The monoisotopic (exact) mass is 380 g/mol. The van der Waals surface area contributed by atoms with Crippen molar-refractivity contribution in [2.75, 3.05) is 6.61 Å². The lowest BCUT2D eigenvalue weighted by Crippen LogP contribution is -2.21. The maximum atomic E-state index is 6.16. The van der Waals surface area contributed by atoms with Crippen LogP contribution < -0.4 is 20.9 Å². The topological polar surface area (TPSA) is 95.2 Å². The van der Waals surface area contributed by atoms with E-state index in [9.17, 15) is 0 Å². The van der Waals surface area contributed by atoms with E-state index in [2.05, 4.69) is 10.2 Å². The molecule has 132 valence electrons. The first kappa shape index (κ1) is 18.9. The van der Waals surface area contributed by atoms with E-state index in [4.69, 9.17) is 44.1 Å². The molecule has 0 saturated carbocycles. The van der Waals surface area contributed by atoms with Crippen LogP contribution in [0.2, 0.25) is 10.0 Å². The van der Waals surface area contributed by atoms with Crippen molar-refractivity contribution >= 4 is 35.4 Å². The molecule has 8 heteroatoms. The molecule has 4 N–H and O–H groups in total. The molecule has 0 atom stereocenters. The molecule has 0 heterocycles. The predicted molar refractivity (Wildman–Crippen MR) is 102 cm³/mol. The molecule has 0 aliphatic heterocycles. The lowest BCUT2D eigenvalue weighted by molar-refractivity contribution is 0.269. The number of halogens is 2. The zero-order chi connectivity index (χ0) is 18.2. The Balaban J connectivity index is 2.16. The smallest absolute Gasteiger partial charge is 0.211 e. The molecule has 0 unspecified atom stereocenters. The lowest BCUT2D eigenvalue weighted by Gasteiger charge is -2.13. The number of hydrogen-bond acceptors (Lipinski definition) is 4. The van der Waals surface area contributed by atoms with Crippen LogP contribution in [0.25, 0.3) is 0 Å². The molecule has 25 heavy (non-hydrogen) atoms. The highest BCUT2D eigenvalue weighted by Crippen LogP contribution is 2.30. The summed E-state index contributed by atoms with van der Waals surface area (Å²) >= 11 is 12.1. The summed E-state index contributed by atoms with van der Waals surface area (Å²) in [6.07, 6.45) is 1.52. The molecule has 2 rings (SSSR count). The Morgan fingerprint density at radius 3 is 2.56 bits per heavy atom. The number of rotatable bonds is 7. The van der Waals surface area contributed by atoms with Gasteiger partial charge in [-0.2, -0.15) is 5.10 Å². The third kappa shape index (κ3) is 5.85. The molecule has 6 nitrogen and oxygen atoms in total. The largest absolute Gasteiger partial charge is 0.490 e. The summed E-state index contributed by atoms with van der Waals surface area (Å²) < 4.78 is 11.4. The van der Waals surface area contributed by atoms with Crippen molar-refractivity contribution in [1.82, 2.24) is 0 Å². The first-order valence-electron chi connectivity index (χ1n) is 7.45. The minimum absolute atomic E-state index is 0.110.